The van der Waals surface area contributed by atoms with Crippen molar-refractivity contribution in [3.63, 3.8) is 0 Å². The molecule has 0 heterocycles. The lowest BCUT2D eigenvalue weighted by Crippen LogP contribution is -2.28. The molecule has 7 heteroatoms. The van der Waals surface area contributed by atoms with Gasteiger partial charge in [0.05, 0.1) is 4.90 Å². The number of nitrogens with one attached hydrogen (secondary N) is 2. The van der Waals surface area contributed by atoms with Crippen molar-refractivity contribution in [1.29, 1.82) is 0 Å². The number of hydrogen-bond acceptors (Lipinski definition) is 5. The standard InChI is InChI=1S/C19H30N4O2S/c1-23(2)18-10-5-9-17-16(18)8-6-11-19(17)26(24,25)22-15-7-14-21-13-4-3-12-20/h5-6,8-11,21-22H,3-4,7,12-15,20H2,1-2H3. The number of benzene rings is 2. The highest BCUT2D eigenvalue weighted by atomic mass is 32.2. The van der Waals surface area contributed by atoms with Crippen molar-refractivity contribution in [2.45, 2.75) is 24.2 Å². The van der Waals surface area contributed by atoms with Crippen molar-refractivity contribution >= 4 is 26.5 Å². The van der Waals surface area contributed by atoms with Crippen LogP contribution in [0.5, 0.6) is 0 Å². The van der Waals surface area contributed by atoms with E-state index in [9.17, 15) is 8.42 Å². The highest BCUT2D eigenvalue weighted by molar-refractivity contribution is 7.89. The van der Waals surface area contributed by atoms with Gasteiger partial charge in [0, 0.05) is 37.1 Å². The van der Waals surface area contributed by atoms with Crippen LogP contribution in [0.2, 0.25) is 0 Å². The third kappa shape index (κ3) is 5.41. The van der Waals surface area contributed by atoms with Gasteiger partial charge < -0.3 is 16.0 Å². The van der Waals surface area contributed by atoms with Crippen molar-refractivity contribution in [2.75, 3.05) is 45.2 Å². The highest BCUT2D eigenvalue weighted by Crippen LogP contribution is 2.29. The molecule has 0 atom stereocenters. The lowest BCUT2D eigenvalue weighted by Gasteiger charge is -2.17. The smallest absolute Gasteiger partial charge is 0.241 e. The van der Waals surface area contributed by atoms with Gasteiger partial charge in [-0.1, -0.05) is 24.3 Å². The van der Waals surface area contributed by atoms with Crippen LogP contribution in [0.25, 0.3) is 10.8 Å². The van der Waals surface area contributed by atoms with Gasteiger partial charge in [0.25, 0.3) is 0 Å². The summed E-state index contributed by atoms with van der Waals surface area (Å²) in [5.41, 5.74) is 6.45. The van der Waals surface area contributed by atoms with Crippen molar-refractivity contribution < 1.29 is 8.42 Å². The van der Waals surface area contributed by atoms with Crippen LogP contribution in [-0.2, 0) is 10.0 Å². The summed E-state index contributed by atoms with van der Waals surface area (Å²) >= 11 is 0. The molecule has 0 saturated heterocycles. The maximum absolute atomic E-state index is 12.7. The molecule has 0 radical (unpaired) electrons. The molecule has 0 fully saturated rings. The minimum absolute atomic E-state index is 0.328. The zero-order chi connectivity index (χ0) is 19.0. The number of sulfonamides is 1. The summed E-state index contributed by atoms with van der Waals surface area (Å²) in [5, 5.41) is 4.97. The summed E-state index contributed by atoms with van der Waals surface area (Å²) < 4.78 is 28.2. The van der Waals surface area contributed by atoms with Gasteiger partial charge >= 0.3 is 0 Å². The maximum atomic E-state index is 12.7. The molecule has 0 spiro atoms. The van der Waals surface area contributed by atoms with Gasteiger partial charge in [-0.25, -0.2) is 13.1 Å². The van der Waals surface area contributed by atoms with Gasteiger partial charge in [-0.2, -0.15) is 0 Å². The van der Waals surface area contributed by atoms with E-state index in [1.807, 2.05) is 43.3 Å². The number of nitrogens with zero attached hydrogens (tertiary/aromatic N) is 1. The fraction of sp³-hybridized carbons (Fsp3) is 0.474. The predicted molar refractivity (Wildman–Crippen MR) is 109 cm³/mol. The molecule has 0 aliphatic heterocycles. The SMILES string of the molecule is CN(C)c1cccc2c(S(=O)(=O)NCCCNCCCCN)cccc12. The van der Waals surface area contributed by atoms with Crippen LogP contribution < -0.4 is 20.7 Å². The number of rotatable bonds is 11. The number of nitrogens with two attached hydrogens (primary N) is 1. The van der Waals surface area contributed by atoms with Crippen LogP contribution in [0.3, 0.4) is 0 Å². The summed E-state index contributed by atoms with van der Waals surface area (Å²) in [6.07, 6.45) is 2.80. The summed E-state index contributed by atoms with van der Waals surface area (Å²) in [7, 11) is 0.363. The van der Waals surface area contributed by atoms with Gasteiger partial charge in [0.15, 0.2) is 0 Å². The van der Waals surface area contributed by atoms with E-state index in [1.165, 1.54) is 0 Å². The minimum atomic E-state index is -3.54. The van der Waals surface area contributed by atoms with Crippen molar-refractivity contribution in [2.24, 2.45) is 5.73 Å². The molecule has 26 heavy (non-hydrogen) atoms. The molecule has 2 aromatic rings. The first-order valence-corrected chi connectivity index (χ1v) is 10.5. The average Bonchev–Trinajstić information content (AvgIpc) is 2.62. The normalized spacial score (nSPS) is 11.8. The molecule has 2 aromatic carbocycles. The fourth-order valence-corrected chi connectivity index (χ4v) is 4.20. The van der Waals surface area contributed by atoms with Crippen LogP contribution in [0, 0.1) is 0 Å². The van der Waals surface area contributed by atoms with Gasteiger partial charge in [-0.3, -0.25) is 0 Å². The zero-order valence-corrected chi connectivity index (χ0v) is 16.5. The Morgan fingerprint density at radius 1 is 0.923 bits per heavy atom. The molecule has 0 saturated carbocycles. The van der Waals surface area contributed by atoms with Crippen LogP contribution in [0.4, 0.5) is 5.69 Å². The molecule has 144 valence electrons. The molecular weight excluding hydrogens is 348 g/mol. The second-order valence-corrected chi connectivity index (χ2v) is 8.26. The third-order valence-electron chi connectivity index (χ3n) is 4.26. The van der Waals surface area contributed by atoms with E-state index in [-0.39, 0.29) is 0 Å². The van der Waals surface area contributed by atoms with Gasteiger partial charge in [-0.05, 0) is 51.0 Å². The van der Waals surface area contributed by atoms with Crippen LogP contribution in [0.15, 0.2) is 41.3 Å². The Morgan fingerprint density at radius 3 is 2.35 bits per heavy atom. The largest absolute Gasteiger partial charge is 0.377 e. The molecule has 6 nitrogen and oxygen atoms in total. The first kappa shape index (κ1) is 20.6. The van der Waals surface area contributed by atoms with Crippen molar-refractivity contribution in [3.05, 3.63) is 36.4 Å². The number of anilines is 1. The molecule has 2 rings (SSSR count). The summed E-state index contributed by atoms with van der Waals surface area (Å²) in [6, 6.07) is 11.1. The number of hydrogen-bond donors (Lipinski definition) is 3. The maximum Gasteiger partial charge on any atom is 0.241 e. The molecular formula is C19H30N4O2S. The first-order valence-electron chi connectivity index (χ1n) is 9.07. The molecule has 0 unspecified atom stereocenters. The van der Waals surface area contributed by atoms with Crippen LogP contribution >= 0.6 is 0 Å². The van der Waals surface area contributed by atoms with Gasteiger partial charge in [0.1, 0.15) is 0 Å². The summed E-state index contributed by atoms with van der Waals surface area (Å²) in [6.45, 7) is 2.83. The van der Waals surface area contributed by atoms with E-state index in [0.29, 0.717) is 18.0 Å². The lowest BCUT2D eigenvalue weighted by atomic mass is 10.1. The van der Waals surface area contributed by atoms with Crippen LogP contribution in [0.1, 0.15) is 19.3 Å². The Labute approximate surface area is 156 Å². The van der Waals surface area contributed by atoms with Gasteiger partial charge in [0.2, 0.25) is 10.0 Å². The third-order valence-corrected chi connectivity index (χ3v) is 5.78. The Bertz CT molecular complexity index is 806. The van der Waals surface area contributed by atoms with E-state index in [4.69, 9.17) is 5.73 Å². The summed E-state index contributed by atoms with van der Waals surface area (Å²) in [5.74, 6) is 0. The highest BCUT2D eigenvalue weighted by Gasteiger charge is 2.17. The molecule has 0 aromatic heterocycles. The first-order chi connectivity index (χ1) is 12.5. The van der Waals surface area contributed by atoms with Gasteiger partial charge in [-0.15, -0.1) is 0 Å². The van der Waals surface area contributed by atoms with E-state index in [2.05, 4.69) is 10.0 Å². The van der Waals surface area contributed by atoms with E-state index >= 15 is 0 Å². The predicted octanol–water partition coefficient (Wildman–Crippen LogP) is 1.90. The van der Waals surface area contributed by atoms with E-state index < -0.39 is 10.0 Å². The molecule has 0 amide bonds. The molecule has 0 bridgehead atoms. The minimum Gasteiger partial charge on any atom is -0.377 e. The average molecular weight is 379 g/mol. The summed E-state index contributed by atoms with van der Waals surface area (Å²) in [4.78, 5) is 2.32. The Hall–Kier alpha value is -1.67. The lowest BCUT2D eigenvalue weighted by molar-refractivity contribution is 0.570. The van der Waals surface area contributed by atoms with Crippen molar-refractivity contribution in [1.82, 2.24) is 10.0 Å². The van der Waals surface area contributed by atoms with E-state index in [1.54, 1.807) is 12.1 Å². The quantitative estimate of drug-likeness (QED) is 0.520. The molecule has 4 N–H and O–H groups in total. The second-order valence-electron chi connectivity index (χ2n) is 6.52. The zero-order valence-electron chi connectivity index (χ0n) is 15.7. The topological polar surface area (TPSA) is 87.5 Å². The number of fused-ring (bicyclic) bond motifs is 1. The fourth-order valence-electron chi connectivity index (χ4n) is 2.91. The van der Waals surface area contributed by atoms with E-state index in [0.717, 1.165) is 48.8 Å². The second kappa shape index (κ2) is 9.87. The Kier molecular flexibility index (Phi) is 7.84. The monoisotopic (exact) mass is 378 g/mol. The number of unbranched alkanes of at least 4 members (excludes halogenated alkanes) is 1. The Morgan fingerprint density at radius 2 is 1.62 bits per heavy atom. The van der Waals surface area contributed by atoms with Crippen molar-refractivity contribution in [3.8, 4) is 0 Å². The van der Waals surface area contributed by atoms with Crippen LogP contribution in [-0.4, -0.2) is 48.7 Å². The molecule has 0 aliphatic rings. The molecule has 0 aliphatic carbocycles. The Balaban J connectivity index is 2.02.